The van der Waals surface area contributed by atoms with Crippen LogP contribution in [0.3, 0.4) is 0 Å². The molecule has 0 aromatic carbocycles. The summed E-state index contributed by atoms with van der Waals surface area (Å²) in [6.07, 6.45) is -2.73. The highest BCUT2D eigenvalue weighted by Crippen LogP contribution is 2.24. The minimum Gasteiger partial charge on any atom is -0.369 e. The summed E-state index contributed by atoms with van der Waals surface area (Å²) < 4.78 is 41.4. The van der Waals surface area contributed by atoms with Crippen molar-refractivity contribution in [3.63, 3.8) is 0 Å². The van der Waals surface area contributed by atoms with Gasteiger partial charge < -0.3 is 15.0 Å². The van der Waals surface area contributed by atoms with Gasteiger partial charge in [0.05, 0.1) is 6.10 Å². The van der Waals surface area contributed by atoms with Crippen molar-refractivity contribution in [1.82, 2.24) is 10.3 Å². The van der Waals surface area contributed by atoms with Crippen molar-refractivity contribution in [2.24, 2.45) is 0 Å². The van der Waals surface area contributed by atoms with Crippen LogP contribution in [0.4, 0.5) is 13.2 Å². The smallest absolute Gasteiger partial charge is 0.369 e. The number of aromatic nitrogens is 1. The Bertz CT molecular complexity index is 613. The number of rotatable bonds is 4. The van der Waals surface area contributed by atoms with Crippen LogP contribution in [0.15, 0.2) is 16.9 Å². The molecule has 1 aromatic rings. The van der Waals surface area contributed by atoms with Crippen molar-refractivity contribution in [3.8, 4) is 0 Å². The Morgan fingerprint density at radius 3 is 2.78 bits per heavy atom. The first-order chi connectivity index (χ1) is 10.7. The van der Waals surface area contributed by atoms with Gasteiger partial charge in [-0.2, -0.15) is 13.2 Å². The number of nitrogens with one attached hydrogen (secondary N) is 2. The maximum absolute atomic E-state index is 12.2. The largest absolute Gasteiger partial charge is 0.411 e. The van der Waals surface area contributed by atoms with Gasteiger partial charge >= 0.3 is 6.18 Å². The first-order valence-corrected chi connectivity index (χ1v) is 7.44. The van der Waals surface area contributed by atoms with Crippen molar-refractivity contribution < 1.29 is 22.7 Å². The Labute approximate surface area is 131 Å². The summed E-state index contributed by atoms with van der Waals surface area (Å²) in [5.74, 6) is -0.521. The number of aryl methyl sites for hydroxylation is 1. The van der Waals surface area contributed by atoms with Gasteiger partial charge in [-0.3, -0.25) is 9.59 Å². The lowest BCUT2D eigenvalue weighted by Crippen LogP contribution is -2.42. The van der Waals surface area contributed by atoms with E-state index >= 15 is 0 Å². The number of amides is 1. The molecule has 1 heterocycles. The number of carbonyl (C=O) groups is 1. The fraction of sp³-hybridized carbons (Fsp3) is 0.600. The third kappa shape index (κ3) is 5.38. The van der Waals surface area contributed by atoms with E-state index in [0.717, 1.165) is 0 Å². The number of carbonyl (C=O) groups excluding carboxylic acids is 1. The minimum absolute atomic E-state index is 0.00562. The summed E-state index contributed by atoms with van der Waals surface area (Å²) in [5, 5.41) is 2.70. The lowest BCUT2D eigenvalue weighted by Gasteiger charge is -2.30. The van der Waals surface area contributed by atoms with E-state index in [-0.39, 0.29) is 11.6 Å². The van der Waals surface area contributed by atoms with Gasteiger partial charge in [-0.05, 0) is 44.7 Å². The van der Waals surface area contributed by atoms with Crippen molar-refractivity contribution in [2.45, 2.75) is 50.9 Å². The first-order valence-electron chi connectivity index (χ1n) is 7.44. The molecule has 0 saturated heterocycles. The molecule has 0 aliphatic heterocycles. The van der Waals surface area contributed by atoms with E-state index in [0.29, 0.717) is 31.4 Å². The van der Waals surface area contributed by atoms with Crippen LogP contribution in [0.25, 0.3) is 0 Å². The predicted octanol–water partition coefficient (Wildman–Crippen LogP) is 2.30. The molecule has 0 spiro atoms. The Morgan fingerprint density at radius 1 is 1.39 bits per heavy atom. The number of H-pyrrole nitrogens is 1. The number of ether oxygens (including phenoxy) is 1. The molecule has 2 rings (SSSR count). The summed E-state index contributed by atoms with van der Waals surface area (Å²) in [5.41, 5.74) is 0.155. The van der Waals surface area contributed by atoms with Crippen LogP contribution in [0.5, 0.6) is 0 Å². The molecule has 2 atom stereocenters. The molecule has 5 nitrogen and oxygen atoms in total. The SMILES string of the molecule is Cc1ccc(C(=O)NC2CCCC(OCC(F)(F)F)C2)c(=O)[nH]1. The molecule has 2 unspecified atom stereocenters. The van der Waals surface area contributed by atoms with E-state index in [2.05, 4.69) is 10.3 Å². The summed E-state index contributed by atoms with van der Waals surface area (Å²) >= 11 is 0. The molecule has 0 radical (unpaired) electrons. The second-order valence-corrected chi connectivity index (χ2v) is 5.77. The zero-order valence-corrected chi connectivity index (χ0v) is 12.7. The number of halogens is 3. The van der Waals surface area contributed by atoms with Gasteiger partial charge in [-0.1, -0.05) is 0 Å². The predicted molar refractivity (Wildman–Crippen MR) is 77.3 cm³/mol. The molecular formula is C15H19F3N2O3. The third-order valence-corrected chi connectivity index (χ3v) is 3.74. The van der Waals surface area contributed by atoms with E-state index in [1.807, 2.05) is 0 Å². The number of alkyl halides is 3. The quantitative estimate of drug-likeness (QED) is 0.889. The van der Waals surface area contributed by atoms with E-state index < -0.39 is 30.4 Å². The van der Waals surface area contributed by atoms with Crippen LogP contribution < -0.4 is 10.9 Å². The molecule has 1 fully saturated rings. The Hall–Kier alpha value is -1.83. The first kappa shape index (κ1) is 17.5. The van der Waals surface area contributed by atoms with Crippen LogP contribution in [0, 0.1) is 6.92 Å². The number of aromatic amines is 1. The Morgan fingerprint density at radius 2 is 2.13 bits per heavy atom. The van der Waals surface area contributed by atoms with E-state index in [9.17, 15) is 22.8 Å². The molecule has 23 heavy (non-hydrogen) atoms. The normalized spacial score (nSPS) is 21.9. The van der Waals surface area contributed by atoms with Gasteiger partial charge in [-0.15, -0.1) is 0 Å². The molecule has 8 heteroatoms. The number of hydrogen-bond donors (Lipinski definition) is 2. The highest BCUT2D eigenvalue weighted by molar-refractivity contribution is 5.93. The van der Waals surface area contributed by atoms with Crippen LogP contribution in [-0.2, 0) is 4.74 Å². The molecule has 1 aromatic heterocycles. The van der Waals surface area contributed by atoms with Crippen LogP contribution >= 0.6 is 0 Å². The average Bonchev–Trinajstić information content (AvgIpc) is 2.44. The fourth-order valence-electron chi connectivity index (χ4n) is 2.65. The second kappa shape index (κ2) is 7.16. The van der Waals surface area contributed by atoms with Crippen molar-refractivity contribution in [1.29, 1.82) is 0 Å². The van der Waals surface area contributed by atoms with E-state index in [1.165, 1.54) is 6.07 Å². The van der Waals surface area contributed by atoms with Crippen molar-refractivity contribution >= 4 is 5.91 Å². The minimum atomic E-state index is -4.36. The second-order valence-electron chi connectivity index (χ2n) is 5.77. The van der Waals surface area contributed by atoms with Gasteiger partial charge in [0.15, 0.2) is 0 Å². The maximum atomic E-state index is 12.2. The maximum Gasteiger partial charge on any atom is 0.411 e. The average molecular weight is 332 g/mol. The Balaban J connectivity index is 1.92. The van der Waals surface area contributed by atoms with Crippen LogP contribution in [0.1, 0.15) is 41.7 Å². The molecule has 1 amide bonds. The van der Waals surface area contributed by atoms with Crippen molar-refractivity contribution in [3.05, 3.63) is 33.7 Å². The zero-order chi connectivity index (χ0) is 17.0. The molecule has 128 valence electrons. The standard InChI is InChI=1S/C15H19F3N2O3/c1-9-5-6-12(13(21)19-9)14(22)20-10-3-2-4-11(7-10)23-8-15(16,17)18/h5-6,10-11H,2-4,7-8H2,1H3,(H,19,21)(H,20,22). The summed E-state index contributed by atoms with van der Waals surface area (Å²) in [6.45, 7) is 0.419. The Kier molecular flexibility index (Phi) is 5.46. The number of pyridine rings is 1. The van der Waals surface area contributed by atoms with Gasteiger partial charge in [0.1, 0.15) is 12.2 Å². The van der Waals surface area contributed by atoms with E-state index in [4.69, 9.17) is 4.74 Å². The lowest BCUT2D eigenvalue weighted by atomic mass is 9.92. The molecule has 1 aliphatic carbocycles. The molecule has 0 bridgehead atoms. The molecular weight excluding hydrogens is 313 g/mol. The number of hydrogen-bond acceptors (Lipinski definition) is 3. The van der Waals surface area contributed by atoms with Crippen LogP contribution in [0.2, 0.25) is 0 Å². The summed E-state index contributed by atoms with van der Waals surface area (Å²) in [7, 11) is 0. The van der Waals surface area contributed by atoms with Crippen LogP contribution in [-0.4, -0.2) is 35.8 Å². The summed E-state index contributed by atoms with van der Waals surface area (Å²) in [6, 6.07) is 2.76. The van der Waals surface area contributed by atoms with Gasteiger partial charge in [0.2, 0.25) is 0 Å². The topological polar surface area (TPSA) is 71.2 Å². The fourth-order valence-corrected chi connectivity index (χ4v) is 2.65. The molecule has 1 saturated carbocycles. The van der Waals surface area contributed by atoms with E-state index in [1.54, 1.807) is 13.0 Å². The highest BCUT2D eigenvalue weighted by atomic mass is 19.4. The highest BCUT2D eigenvalue weighted by Gasteiger charge is 2.31. The third-order valence-electron chi connectivity index (χ3n) is 3.74. The zero-order valence-electron chi connectivity index (χ0n) is 12.7. The molecule has 2 N–H and O–H groups in total. The lowest BCUT2D eigenvalue weighted by molar-refractivity contribution is -0.188. The van der Waals surface area contributed by atoms with Gasteiger partial charge in [0.25, 0.3) is 11.5 Å². The summed E-state index contributed by atoms with van der Waals surface area (Å²) in [4.78, 5) is 26.4. The molecule has 1 aliphatic rings. The van der Waals surface area contributed by atoms with Gasteiger partial charge in [0, 0.05) is 11.7 Å². The van der Waals surface area contributed by atoms with Crippen molar-refractivity contribution in [2.75, 3.05) is 6.61 Å². The van der Waals surface area contributed by atoms with Gasteiger partial charge in [-0.25, -0.2) is 0 Å². The monoisotopic (exact) mass is 332 g/mol.